The molecule has 0 radical (unpaired) electrons. The average Bonchev–Trinajstić information content (AvgIpc) is 2.89. The molecule has 1 aliphatic rings. The molecular weight excluding hydrogens is 337 g/mol. The van der Waals surface area contributed by atoms with Crippen molar-refractivity contribution in [2.24, 2.45) is 0 Å². The molecule has 0 saturated carbocycles. The van der Waals surface area contributed by atoms with Crippen LogP contribution in [0.4, 0.5) is 11.4 Å². The van der Waals surface area contributed by atoms with Crippen LogP contribution in [0.15, 0.2) is 60.7 Å². The van der Waals surface area contributed by atoms with E-state index in [2.05, 4.69) is 23.2 Å². The maximum atomic E-state index is 12.9. The Morgan fingerprint density at radius 3 is 1.96 bits per heavy atom. The Morgan fingerprint density at radius 1 is 0.958 bits per heavy atom. The highest BCUT2D eigenvalue weighted by Gasteiger charge is 2.47. The fraction of sp³-hybridized carbons (Fsp3) is 0.278. The van der Waals surface area contributed by atoms with Gasteiger partial charge in [0.1, 0.15) is 6.54 Å². The maximum absolute atomic E-state index is 12.9. The minimum absolute atomic E-state index is 0.0697. The molecule has 2 aromatic rings. The Balaban J connectivity index is 2.15. The van der Waals surface area contributed by atoms with Crippen molar-refractivity contribution in [1.29, 1.82) is 0 Å². The monoisotopic (exact) mass is 359 g/mol. The van der Waals surface area contributed by atoms with E-state index < -0.39 is 6.49 Å². The van der Waals surface area contributed by atoms with Gasteiger partial charge in [-0.2, -0.15) is 0 Å². The molecule has 0 N–H and O–H groups in total. The molecule has 3 rings (SSSR count). The van der Waals surface area contributed by atoms with Gasteiger partial charge in [0.25, 0.3) is 5.91 Å². The van der Waals surface area contributed by atoms with Crippen LogP contribution in [-0.2, 0) is 16.6 Å². The lowest BCUT2D eigenvalue weighted by Crippen LogP contribution is -2.34. The summed E-state index contributed by atoms with van der Waals surface area (Å²) in [6.45, 7) is 3.74. The van der Waals surface area contributed by atoms with Gasteiger partial charge in [-0.15, -0.1) is 0 Å². The van der Waals surface area contributed by atoms with Gasteiger partial charge in [-0.1, -0.05) is 50.2 Å². The third-order valence-electron chi connectivity index (χ3n) is 4.25. The van der Waals surface area contributed by atoms with Crippen LogP contribution >= 0.6 is 6.49 Å². The predicted octanol–water partition coefficient (Wildman–Crippen LogP) is 4.11. The van der Waals surface area contributed by atoms with Gasteiger partial charge >= 0.3 is 0 Å². The van der Waals surface area contributed by atoms with Crippen LogP contribution in [0, 0.1) is 0 Å². The number of hydrogen-bond donors (Lipinski definition) is 0. The second kappa shape index (κ2) is 7.06. The third-order valence-corrected chi connectivity index (χ3v) is 9.30. The van der Waals surface area contributed by atoms with Crippen LogP contribution in [0.2, 0.25) is 0 Å². The summed E-state index contributed by atoms with van der Waals surface area (Å²) in [5.41, 5.74) is 1.90. The lowest BCUT2D eigenvalue weighted by molar-refractivity contribution is -0.115. The molecule has 1 saturated heterocycles. The van der Waals surface area contributed by atoms with E-state index in [1.165, 1.54) is 0 Å². The van der Waals surface area contributed by atoms with Gasteiger partial charge in [0.05, 0.1) is 5.69 Å². The van der Waals surface area contributed by atoms with E-state index in [4.69, 9.17) is 11.8 Å². The number of benzene rings is 2. The zero-order valence-electron chi connectivity index (χ0n) is 14.0. The van der Waals surface area contributed by atoms with Crippen molar-refractivity contribution in [3.8, 4) is 0 Å². The number of carbonyl (C=O) groups is 1. The largest absolute Gasteiger partial charge is 0.307 e. The number of para-hydroxylation sites is 2. The van der Waals surface area contributed by atoms with Gasteiger partial charge in [0.15, 0.2) is 0 Å². The zero-order chi connectivity index (χ0) is 17.2. The van der Waals surface area contributed by atoms with E-state index in [0.717, 1.165) is 24.5 Å². The summed E-state index contributed by atoms with van der Waals surface area (Å²) in [5.74, 6) is 0.0697. The first-order valence-corrected chi connectivity index (χ1v) is 10.9. The van der Waals surface area contributed by atoms with E-state index in [1.54, 1.807) is 0 Å². The van der Waals surface area contributed by atoms with Gasteiger partial charge in [0, 0.05) is 18.8 Å². The Morgan fingerprint density at radius 2 is 1.46 bits per heavy atom. The average molecular weight is 359 g/mol. The van der Waals surface area contributed by atoms with E-state index in [1.807, 2.05) is 65.3 Å². The Kier molecular flexibility index (Phi) is 5.04. The van der Waals surface area contributed by atoms with Crippen molar-refractivity contribution < 1.29 is 4.79 Å². The fourth-order valence-corrected chi connectivity index (χ4v) is 7.86. The highest BCUT2D eigenvalue weighted by molar-refractivity contribution is 8.15. The van der Waals surface area contributed by atoms with Crippen LogP contribution in [-0.4, -0.2) is 30.2 Å². The van der Waals surface area contributed by atoms with Crippen LogP contribution in [0.3, 0.4) is 0 Å². The third kappa shape index (κ3) is 2.77. The molecule has 0 aromatic heterocycles. The summed E-state index contributed by atoms with van der Waals surface area (Å²) in [4.78, 5) is 12.9. The van der Waals surface area contributed by atoms with Gasteiger partial charge < -0.3 is 4.67 Å². The molecule has 0 spiro atoms. The molecule has 6 heteroatoms. The van der Waals surface area contributed by atoms with Gasteiger partial charge in [0.2, 0.25) is 6.49 Å². The van der Waals surface area contributed by atoms with Crippen LogP contribution < -0.4 is 9.34 Å². The van der Waals surface area contributed by atoms with Crippen LogP contribution in [0.1, 0.15) is 13.8 Å². The summed E-state index contributed by atoms with van der Waals surface area (Å²) < 4.78 is 6.25. The Labute approximate surface area is 148 Å². The minimum Gasteiger partial charge on any atom is -0.307 e. The number of rotatable bonds is 5. The van der Waals surface area contributed by atoms with E-state index in [0.29, 0.717) is 6.54 Å². The maximum Gasteiger partial charge on any atom is 0.253 e. The van der Waals surface area contributed by atoms with Crippen molar-refractivity contribution >= 4 is 35.6 Å². The molecule has 126 valence electrons. The van der Waals surface area contributed by atoms with Crippen molar-refractivity contribution in [1.82, 2.24) is 4.67 Å². The van der Waals surface area contributed by atoms with E-state index in [9.17, 15) is 4.79 Å². The SMILES string of the molecule is CCN(CC)P1(=S)N(c2ccccc2)CC(=O)N1c1ccccc1. The van der Waals surface area contributed by atoms with E-state index >= 15 is 0 Å². The first-order chi connectivity index (χ1) is 11.6. The number of anilines is 2. The van der Waals surface area contributed by atoms with Crippen molar-refractivity contribution in [3.05, 3.63) is 60.7 Å². The van der Waals surface area contributed by atoms with Crippen molar-refractivity contribution in [3.63, 3.8) is 0 Å². The second-order valence-electron chi connectivity index (χ2n) is 5.59. The fourth-order valence-electron chi connectivity index (χ4n) is 3.12. The molecule has 1 fully saturated rings. The molecule has 4 nitrogen and oxygen atoms in total. The van der Waals surface area contributed by atoms with Crippen LogP contribution in [0.25, 0.3) is 0 Å². The minimum atomic E-state index is -2.42. The number of amides is 1. The number of nitrogens with zero attached hydrogens (tertiary/aromatic N) is 3. The molecule has 2 aromatic carbocycles. The van der Waals surface area contributed by atoms with Gasteiger partial charge in [-0.3, -0.25) is 9.46 Å². The lowest BCUT2D eigenvalue weighted by Gasteiger charge is -2.41. The molecule has 24 heavy (non-hydrogen) atoms. The molecule has 0 bridgehead atoms. The quantitative estimate of drug-likeness (QED) is 0.751. The summed E-state index contributed by atoms with van der Waals surface area (Å²) in [5, 5.41) is 0. The highest BCUT2D eigenvalue weighted by Crippen LogP contribution is 2.62. The van der Waals surface area contributed by atoms with Crippen molar-refractivity contribution in [2.75, 3.05) is 29.0 Å². The number of hydrogen-bond acceptors (Lipinski definition) is 2. The molecule has 0 aliphatic carbocycles. The van der Waals surface area contributed by atoms with Crippen molar-refractivity contribution in [2.45, 2.75) is 13.8 Å². The smallest absolute Gasteiger partial charge is 0.253 e. The van der Waals surface area contributed by atoms with E-state index in [-0.39, 0.29) is 5.91 Å². The highest BCUT2D eigenvalue weighted by atomic mass is 32.4. The normalized spacial score (nSPS) is 20.9. The topological polar surface area (TPSA) is 26.8 Å². The van der Waals surface area contributed by atoms with Gasteiger partial charge in [-0.05, 0) is 36.1 Å². The standard InChI is InChI=1S/C18H22N3OPS/c1-3-19(4-2)23(24)20(16-11-7-5-8-12-16)15-18(22)21(23)17-13-9-6-10-14-17/h5-14H,3-4,15H2,1-2H3. The molecule has 1 atom stereocenters. The summed E-state index contributed by atoms with van der Waals surface area (Å²) in [6, 6.07) is 19.8. The molecule has 1 amide bonds. The summed E-state index contributed by atoms with van der Waals surface area (Å²) >= 11 is 6.24. The molecule has 1 unspecified atom stereocenters. The van der Waals surface area contributed by atoms with Gasteiger partial charge in [-0.25, -0.2) is 4.67 Å². The molecular formula is C18H22N3OPS. The first kappa shape index (κ1) is 17.2. The first-order valence-electron chi connectivity index (χ1n) is 8.20. The second-order valence-corrected chi connectivity index (χ2v) is 9.53. The van der Waals surface area contributed by atoms with Crippen LogP contribution in [0.5, 0.6) is 0 Å². The Hall–Kier alpha value is -1.68. The zero-order valence-corrected chi connectivity index (χ0v) is 15.7. The lowest BCUT2D eigenvalue weighted by atomic mass is 10.3. The molecule has 1 aliphatic heterocycles. The Bertz CT molecular complexity index is 749. The summed E-state index contributed by atoms with van der Waals surface area (Å²) in [7, 11) is 0. The number of carbonyl (C=O) groups excluding carboxylic acids is 1. The molecule has 1 heterocycles. The predicted molar refractivity (Wildman–Crippen MR) is 105 cm³/mol. The summed E-state index contributed by atoms with van der Waals surface area (Å²) in [6.07, 6.45) is 0.